The molecule has 27 heavy (non-hydrogen) atoms. The minimum atomic E-state index is -3.08. The van der Waals surface area contributed by atoms with Gasteiger partial charge in [-0.2, -0.15) is 5.10 Å². The summed E-state index contributed by atoms with van der Waals surface area (Å²) in [5.41, 5.74) is 1.09. The summed E-state index contributed by atoms with van der Waals surface area (Å²) in [6.07, 6.45) is 3.20. The number of sulfone groups is 1. The molecule has 142 valence electrons. The lowest BCUT2D eigenvalue weighted by Crippen LogP contribution is -2.12. The molecular formula is C17H16ClN3O5S. The first-order valence-corrected chi connectivity index (χ1v) is 10.3. The van der Waals surface area contributed by atoms with E-state index in [4.69, 9.17) is 11.6 Å². The van der Waals surface area contributed by atoms with Crippen molar-refractivity contribution in [1.29, 1.82) is 0 Å². The van der Waals surface area contributed by atoms with Crippen LogP contribution >= 0.6 is 11.6 Å². The second-order valence-corrected chi connectivity index (χ2v) is 8.88. The first-order valence-electron chi connectivity index (χ1n) is 8.10. The molecule has 0 unspecified atom stereocenters. The predicted molar refractivity (Wildman–Crippen MR) is 101 cm³/mol. The van der Waals surface area contributed by atoms with Crippen LogP contribution in [-0.2, 0) is 9.84 Å². The van der Waals surface area contributed by atoms with Gasteiger partial charge in [-0.15, -0.1) is 0 Å². The van der Waals surface area contributed by atoms with E-state index in [-0.39, 0.29) is 34.0 Å². The fourth-order valence-electron chi connectivity index (χ4n) is 2.96. The van der Waals surface area contributed by atoms with E-state index in [1.54, 1.807) is 6.92 Å². The van der Waals surface area contributed by atoms with Crippen LogP contribution in [0.1, 0.15) is 34.1 Å². The summed E-state index contributed by atoms with van der Waals surface area (Å²) >= 11 is 6.35. The first kappa shape index (κ1) is 19.2. The van der Waals surface area contributed by atoms with Gasteiger partial charge in [0.1, 0.15) is 5.15 Å². The number of ketones is 1. The molecule has 1 aliphatic heterocycles. The molecule has 0 bridgehead atoms. The summed E-state index contributed by atoms with van der Waals surface area (Å²) in [4.78, 5) is 22.6. The van der Waals surface area contributed by atoms with Crippen molar-refractivity contribution in [2.24, 2.45) is 0 Å². The normalized spacial score (nSPS) is 18.8. The van der Waals surface area contributed by atoms with Gasteiger partial charge in [-0.25, -0.2) is 13.1 Å². The van der Waals surface area contributed by atoms with Crippen molar-refractivity contribution in [3.63, 3.8) is 0 Å². The number of hydrogen-bond donors (Lipinski definition) is 0. The molecule has 1 atom stereocenters. The minimum absolute atomic E-state index is 0.0103. The van der Waals surface area contributed by atoms with Gasteiger partial charge in [0, 0.05) is 23.3 Å². The highest BCUT2D eigenvalue weighted by molar-refractivity contribution is 7.91. The number of allylic oxidation sites excluding steroid dienone is 1. The zero-order valence-electron chi connectivity index (χ0n) is 14.3. The van der Waals surface area contributed by atoms with Crippen LogP contribution in [0, 0.1) is 17.0 Å². The van der Waals surface area contributed by atoms with E-state index < -0.39 is 20.5 Å². The summed E-state index contributed by atoms with van der Waals surface area (Å²) in [5.74, 6) is -0.321. The summed E-state index contributed by atoms with van der Waals surface area (Å²) in [6, 6.07) is 5.11. The third-order valence-corrected chi connectivity index (χ3v) is 6.50. The number of benzene rings is 1. The molecule has 0 aliphatic carbocycles. The van der Waals surface area contributed by atoms with Crippen LogP contribution in [0.4, 0.5) is 5.69 Å². The van der Waals surface area contributed by atoms with Gasteiger partial charge in [-0.1, -0.05) is 23.7 Å². The monoisotopic (exact) mass is 409 g/mol. The Morgan fingerprint density at radius 2 is 2.19 bits per heavy atom. The van der Waals surface area contributed by atoms with Crippen LogP contribution in [0.3, 0.4) is 0 Å². The van der Waals surface area contributed by atoms with Gasteiger partial charge >= 0.3 is 0 Å². The fourth-order valence-corrected chi connectivity index (χ4v) is 5.03. The highest BCUT2D eigenvalue weighted by atomic mass is 35.5. The van der Waals surface area contributed by atoms with Gasteiger partial charge in [-0.3, -0.25) is 14.9 Å². The largest absolute Gasteiger partial charge is 0.289 e. The summed E-state index contributed by atoms with van der Waals surface area (Å²) in [7, 11) is -3.08. The van der Waals surface area contributed by atoms with E-state index in [1.807, 2.05) is 0 Å². The molecule has 1 aromatic heterocycles. The summed E-state index contributed by atoms with van der Waals surface area (Å²) in [5, 5.41) is 15.4. The second kappa shape index (κ2) is 7.24. The van der Waals surface area contributed by atoms with Crippen LogP contribution in [0.5, 0.6) is 0 Å². The van der Waals surface area contributed by atoms with Crippen molar-refractivity contribution in [2.75, 3.05) is 11.5 Å². The second-order valence-electron chi connectivity index (χ2n) is 6.30. The number of nitro groups is 1. The Morgan fingerprint density at radius 1 is 1.44 bits per heavy atom. The molecule has 1 fully saturated rings. The lowest BCUT2D eigenvalue weighted by molar-refractivity contribution is -0.384. The maximum atomic E-state index is 12.3. The van der Waals surface area contributed by atoms with Gasteiger partial charge in [0.15, 0.2) is 15.6 Å². The first-order chi connectivity index (χ1) is 12.7. The molecule has 0 saturated carbocycles. The lowest BCUT2D eigenvalue weighted by Gasteiger charge is -2.09. The highest BCUT2D eigenvalue weighted by Crippen LogP contribution is 2.30. The molecule has 2 aromatic rings. The molecule has 10 heteroatoms. The SMILES string of the molecule is Cc1nn([C@@H]2CCS(=O)(=O)C2)c(Cl)c1/C=C/C(=O)c1cccc([N+](=O)[O-])c1. The Bertz CT molecular complexity index is 1060. The number of halogens is 1. The van der Waals surface area contributed by atoms with E-state index >= 15 is 0 Å². The number of rotatable bonds is 5. The Kier molecular flexibility index (Phi) is 5.16. The van der Waals surface area contributed by atoms with Crippen molar-refractivity contribution in [2.45, 2.75) is 19.4 Å². The van der Waals surface area contributed by atoms with Gasteiger partial charge < -0.3 is 0 Å². The molecule has 1 aromatic carbocycles. The maximum absolute atomic E-state index is 12.3. The zero-order chi connectivity index (χ0) is 19.8. The Hall–Kier alpha value is -2.52. The zero-order valence-corrected chi connectivity index (χ0v) is 15.9. The molecule has 3 rings (SSSR count). The molecule has 0 N–H and O–H groups in total. The van der Waals surface area contributed by atoms with E-state index in [0.717, 1.165) is 0 Å². The quantitative estimate of drug-likeness (QED) is 0.324. The molecule has 0 spiro atoms. The smallest absolute Gasteiger partial charge is 0.270 e. The lowest BCUT2D eigenvalue weighted by atomic mass is 10.1. The molecule has 8 nitrogen and oxygen atoms in total. The number of hydrogen-bond acceptors (Lipinski definition) is 6. The molecule has 1 aliphatic rings. The van der Waals surface area contributed by atoms with Crippen molar-refractivity contribution >= 4 is 39.0 Å². The van der Waals surface area contributed by atoms with Crippen molar-refractivity contribution in [3.05, 3.63) is 62.4 Å². The Balaban J connectivity index is 1.84. The fraction of sp³-hybridized carbons (Fsp3) is 0.294. The topological polar surface area (TPSA) is 112 Å². The number of carbonyl (C=O) groups is 1. The molecule has 2 heterocycles. The minimum Gasteiger partial charge on any atom is -0.289 e. The van der Waals surface area contributed by atoms with Crippen LogP contribution in [0.2, 0.25) is 5.15 Å². The number of aromatic nitrogens is 2. The van der Waals surface area contributed by atoms with Crippen LogP contribution in [0.25, 0.3) is 6.08 Å². The van der Waals surface area contributed by atoms with Gasteiger partial charge in [0.2, 0.25) is 0 Å². The summed E-state index contributed by atoms with van der Waals surface area (Å²) < 4.78 is 24.8. The number of aryl methyl sites for hydroxylation is 1. The number of nitrogens with zero attached hydrogens (tertiary/aromatic N) is 3. The van der Waals surface area contributed by atoms with Crippen LogP contribution in [-0.4, -0.2) is 40.4 Å². The van der Waals surface area contributed by atoms with Crippen molar-refractivity contribution < 1.29 is 18.1 Å². The standard InChI is InChI=1S/C17H16ClN3O5S/c1-11-15(17(18)20(19-11)14-7-8-27(25,26)10-14)5-6-16(22)12-3-2-4-13(9-12)21(23)24/h2-6,9,14H,7-8,10H2,1H3/b6-5+/t14-/m1/s1. The van der Waals surface area contributed by atoms with Crippen molar-refractivity contribution in [1.82, 2.24) is 9.78 Å². The molecule has 0 radical (unpaired) electrons. The number of non-ortho nitro benzene ring substituents is 1. The average Bonchev–Trinajstić information content (AvgIpc) is 3.11. The average molecular weight is 410 g/mol. The summed E-state index contributed by atoms with van der Waals surface area (Å²) in [6.45, 7) is 1.71. The molecule has 1 saturated heterocycles. The van der Waals surface area contributed by atoms with Gasteiger partial charge in [-0.05, 0) is 25.5 Å². The predicted octanol–water partition coefficient (Wildman–Crippen LogP) is 3.01. The Labute approximate surface area is 160 Å². The van der Waals surface area contributed by atoms with E-state index in [1.165, 1.54) is 41.1 Å². The highest BCUT2D eigenvalue weighted by Gasteiger charge is 2.31. The molecule has 0 amide bonds. The third-order valence-electron chi connectivity index (χ3n) is 4.37. The molecular weight excluding hydrogens is 394 g/mol. The van der Waals surface area contributed by atoms with Gasteiger partial charge in [0.25, 0.3) is 5.69 Å². The van der Waals surface area contributed by atoms with Crippen LogP contribution in [0.15, 0.2) is 30.3 Å². The Morgan fingerprint density at radius 3 is 2.81 bits per heavy atom. The van der Waals surface area contributed by atoms with Crippen molar-refractivity contribution in [3.8, 4) is 0 Å². The van der Waals surface area contributed by atoms with E-state index in [2.05, 4.69) is 5.10 Å². The number of carbonyl (C=O) groups excluding carboxylic acids is 1. The van der Waals surface area contributed by atoms with Crippen LogP contribution < -0.4 is 0 Å². The maximum Gasteiger partial charge on any atom is 0.270 e. The van der Waals surface area contributed by atoms with Gasteiger partial charge in [0.05, 0.1) is 28.2 Å². The van der Waals surface area contributed by atoms with E-state index in [0.29, 0.717) is 17.7 Å². The third kappa shape index (κ3) is 4.09. The number of nitro benzene ring substituents is 1. The van der Waals surface area contributed by atoms with E-state index in [9.17, 15) is 23.3 Å².